The van der Waals surface area contributed by atoms with E-state index in [1.54, 1.807) is 18.4 Å². The molecule has 0 amide bonds. The molecule has 0 aromatic carbocycles. The average Bonchev–Trinajstić information content (AvgIpc) is 2.36. The SMILES string of the molecule is CCOC(=O)c1sccc1Cl. The van der Waals surface area contributed by atoms with Crippen molar-refractivity contribution < 1.29 is 9.53 Å². The minimum absolute atomic E-state index is 0.340. The largest absolute Gasteiger partial charge is 0.462 e. The number of rotatable bonds is 2. The zero-order valence-electron chi connectivity index (χ0n) is 5.96. The van der Waals surface area contributed by atoms with E-state index in [4.69, 9.17) is 16.3 Å². The van der Waals surface area contributed by atoms with Gasteiger partial charge in [0.15, 0.2) is 0 Å². The maximum absolute atomic E-state index is 11.0. The molecule has 0 spiro atoms. The molecular formula is C7H7ClO2S. The van der Waals surface area contributed by atoms with Crippen LogP contribution in [0.5, 0.6) is 0 Å². The predicted molar refractivity (Wildman–Crippen MR) is 45.3 cm³/mol. The lowest BCUT2D eigenvalue weighted by Gasteiger charge is -1.97. The fourth-order valence-corrected chi connectivity index (χ4v) is 1.66. The number of esters is 1. The Bertz CT molecular complexity index is 257. The summed E-state index contributed by atoms with van der Waals surface area (Å²) in [4.78, 5) is 11.5. The first-order chi connectivity index (χ1) is 5.25. The summed E-state index contributed by atoms with van der Waals surface area (Å²) >= 11 is 6.97. The number of thiophene rings is 1. The lowest BCUT2D eigenvalue weighted by Crippen LogP contribution is -2.02. The predicted octanol–water partition coefficient (Wildman–Crippen LogP) is 2.58. The minimum atomic E-state index is -0.340. The second-order valence-corrected chi connectivity index (χ2v) is 3.14. The van der Waals surface area contributed by atoms with Crippen LogP contribution < -0.4 is 0 Å². The average molecular weight is 191 g/mol. The lowest BCUT2D eigenvalue weighted by molar-refractivity contribution is 0.0532. The highest BCUT2D eigenvalue weighted by atomic mass is 35.5. The summed E-state index contributed by atoms with van der Waals surface area (Å²) in [5.74, 6) is -0.340. The molecule has 0 N–H and O–H groups in total. The molecular weight excluding hydrogens is 184 g/mol. The van der Waals surface area contributed by atoms with Gasteiger partial charge in [0.25, 0.3) is 0 Å². The van der Waals surface area contributed by atoms with Gasteiger partial charge in [-0.05, 0) is 18.4 Å². The Hall–Kier alpha value is -0.540. The summed E-state index contributed by atoms with van der Waals surface area (Å²) in [5, 5.41) is 2.22. The molecule has 4 heteroatoms. The molecule has 1 rings (SSSR count). The van der Waals surface area contributed by atoms with Gasteiger partial charge in [0, 0.05) is 0 Å². The first-order valence-corrected chi connectivity index (χ1v) is 4.41. The molecule has 60 valence electrons. The summed E-state index contributed by atoms with van der Waals surface area (Å²) in [5.41, 5.74) is 0. The van der Waals surface area contributed by atoms with Gasteiger partial charge < -0.3 is 4.74 Å². The highest BCUT2D eigenvalue weighted by Crippen LogP contribution is 2.22. The minimum Gasteiger partial charge on any atom is -0.462 e. The van der Waals surface area contributed by atoms with E-state index in [-0.39, 0.29) is 5.97 Å². The van der Waals surface area contributed by atoms with Gasteiger partial charge in [-0.2, -0.15) is 0 Å². The molecule has 0 fully saturated rings. The highest BCUT2D eigenvalue weighted by molar-refractivity contribution is 7.12. The summed E-state index contributed by atoms with van der Waals surface area (Å²) in [6.07, 6.45) is 0. The zero-order chi connectivity index (χ0) is 8.27. The molecule has 0 aliphatic rings. The quantitative estimate of drug-likeness (QED) is 0.671. The van der Waals surface area contributed by atoms with Crippen molar-refractivity contribution in [2.24, 2.45) is 0 Å². The maximum Gasteiger partial charge on any atom is 0.349 e. The van der Waals surface area contributed by atoms with Gasteiger partial charge in [-0.15, -0.1) is 11.3 Å². The molecule has 2 nitrogen and oxygen atoms in total. The van der Waals surface area contributed by atoms with E-state index in [0.717, 1.165) is 0 Å². The van der Waals surface area contributed by atoms with Crippen LogP contribution in [-0.2, 0) is 4.74 Å². The van der Waals surface area contributed by atoms with Crippen molar-refractivity contribution in [1.29, 1.82) is 0 Å². The van der Waals surface area contributed by atoms with Crippen LogP contribution >= 0.6 is 22.9 Å². The van der Waals surface area contributed by atoms with Crippen LogP contribution in [0.25, 0.3) is 0 Å². The molecule has 1 aromatic rings. The van der Waals surface area contributed by atoms with Crippen LogP contribution in [0.2, 0.25) is 5.02 Å². The molecule has 0 atom stereocenters. The van der Waals surface area contributed by atoms with Crippen LogP contribution in [0.1, 0.15) is 16.6 Å². The Morgan fingerprint density at radius 2 is 2.55 bits per heavy atom. The molecule has 1 aromatic heterocycles. The van der Waals surface area contributed by atoms with Crippen molar-refractivity contribution in [3.05, 3.63) is 21.3 Å². The summed E-state index contributed by atoms with van der Waals surface area (Å²) < 4.78 is 4.75. The van der Waals surface area contributed by atoms with Gasteiger partial charge in [-0.25, -0.2) is 4.79 Å². The molecule has 11 heavy (non-hydrogen) atoms. The first kappa shape index (κ1) is 8.56. The van der Waals surface area contributed by atoms with Crippen molar-refractivity contribution in [1.82, 2.24) is 0 Å². The lowest BCUT2D eigenvalue weighted by atomic mass is 10.5. The monoisotopic (exact) mass is 190 g/mol. The van der Waals surface area contributed by atoms with Gasteiger partial charge in [-0.1, -0.05) is 11.6 Å². The maximum atomic E-state index is 11.0. The van der Waals surface area contributed by atoms with Gasteiger partial charge in [0.2, 0.25) is 0 Å². The van der Waals surface area contributed by atoms with Gasteiger partial charge >= 0.3 is 5.97 Å². The van der Waals surface area contributed by atoms with Crippen molar-refractivity contribution in [2.45, 2.75) is 6.92 Å². The number of halogens is 1. The number of carbonyl (C=O) groups excluding carboxylic acids is 1. The molecule has 0 saturated heterocycles. The van der Waals surface area contributed by atoms with E-state index in [0.29, 0.717) is 16.5 Å². The summed E-state index contributed by atoms with van der Waals surface area (Å²) in [7, 11) is 0. The van der Waals surface area contributed by atoms with Crippen LogP contribution in [0.3, 0.4) is 0 Å². The van der Waals surface area contributed by atoms with Crippen LogP contribution in [-0.4, -0.2) is 12.6 Å². The fourth-order valence-electron chi connectivity index (χ4n) is 0.636. The third kappa shape index (κ3) is 1.94. The van der Waals surface area contributed by atoms with E-state index < -0.39 is 0 Å². The topological polar surface area (TPSA) is 26.3 Å². The first-order valence-electron chi connectivity index (χ1n) is 3.15. The molecule has 0 saturated carbocycles. The van der Waals surface area contributed by atoms with E-state index in [2.05, 4.69) is 0 Å². The second kappa shape index (κ2) is 3.74. The summed E-state index contributed by atoms with van der Waals surface area (Å²) in [6, 6.07) is 1.68. The molecule has 0 aliphatic heterocycles. The Labute approximate surface area is 73.7 Å². The Morgan fingerprint density at radius 1 is 1.82 bits per heavy atom. The number of ether oxygens (including phenoxy) is 1. The van der Waals surface area contributed by atoms with Crippen LogP contribution in [0.15, 0.2) is 11.4 Å². The molecule has 0 aliphatic carbocycles. The van der Waals surface area contributed by atoms with Crippen molar-refractivity contribution >= 4 is 28.9 Å². The number of hydrogen-bond acceptors (Lipinski definition) is 3. The fraction of sp³-hybridized carbons (Fsp3) is 0.286. The Morgan fingerprint density at radius 3 is 3.00 bits per heavy atom. The van der Waals surface area contributed by atoms with Gasteiger partial charge in [0.05, 0.1) is 11.6 Å². The van der Waals surface area contributed by atoms with E-state index in [1.165, 1.54) is 11.3 Å². The third-order valence-corrected chi connectivity index (χ3v) is 2.40. The number of hydrogen-bond donors (Lipinski definition) is 0. The smallest absolute Gasteiger partial charge is 0.349 e. The molecule has 0 unspecified atom stereocenters. The van der Waals surface area contributed by atoms with Gasteiger partial charge in [-0.3, -0.25) is 0 Å². The van der Waals surface area contributed by atoms with Crippen molar-refractivity contribution in [3.8, 4) is 0 Å². The van der Waals surface area contributed by atoms with Crippen molar-refractivity contribution in [2.75, 3.05) is 6.61 Å². The van der Waals surface area contributed by atoms with E-state index in [1.807, 2.05) is 0 Å². The van der Waals surface area contributed by atoms with Crippen LogP contribution in [0, 0.1) is 0 Å². The second-order valence-electron chi connectivity index (χ2n) is 1.82. The Kier molecular flexibility index (Phi) is 2.91. The molecule has 1 heterocycles. The normalized spacial score (nSPS) is 9.64. The molecule has 0 bridgehead atoms. The van der Waals surface area contributed by atoms with Crippen LogP contribution in [0.4, 0.5) is 0 Å². The summed E-state index contributed by atoms with van der Waals surface area (Å²) in [6.45, 7) is 2.15. The Balaban J connectivity index is 2.76. The third-order valence-electron chi connectivity index (χ3n) is 1.08. The standard InChI is InChI=1S/C7H7ClO2S/c1-2-10-7(9)6-5(8)3-4-11-6/h3-4H,2H2,1H3. The van der Waals surface area contributed by atoms with E-state index >= 15 is 0 Å². The molecule has 0 radical (unpaired) electrons. The highest BCUT2D eigenvalue weighted by Gasteiger charge is 2.11. The number of carbonyl (C=O) groups is 1. The van der Waals surface area contributed by atoms with Gasteiger partial charge in [0.1, 0.15) is 4.88 Å². The van der Waals surface area contributed by atoms with E-state index in [9.17, 15) is 4.79 Å². The van der Waals surface area contributed by atoms with Crippen molar-refractivity contribution in [3.63, 3.8) is 0 Å². The zero-order valence-corrected chi connectivity index (χ0v) is 7.54.